The van der Waals surface area contributed by atoms with Crippen molar-refractivity contribution >= 4 is 35.1 Å². The molecule has 11 nitrogen and oxygen atoms in total. The van der Waals surface area contributed by atoms with Crippen LogP contribution in [0.1, 0.15) is 32.4 Å². The molecule has 3 aromatic rings. The molecular weight excluding hydrogens is 462 g/mol. The third-order valence-electron chi connectivity index (χ3n) is 4.87. The molecule has 0 aliphatic carbocycles. The van der Waals surface area contributed by atoms with E-state index in [4.69, 9.17) is 18.7 Å². The number of ether oxygens (including phenoxy) is 3. The molecule has 1 fully saturated rings. The number of carbonyl (C=O) groups excluding carboxylic acids is 2. The van der Waals surface area contributed by atoms with E-state index in [0.717, 1.165) is 4.90 Å². The number of aryl methyl sites for hydroxylation is 1. The summed E-state index contributed by atoms with van der Waals surface area (Å²) in [5.74, 6) is 0.233. The van der Waals surface area contributed by atoms with Crippen LogP contribution >= 0.6 is 11.8 Å². The van der Waals surface area contributed by atoms with Crippen molar-refractivity contribution < 1.29 is 28.3 Å². The summed E-state index contributed by atoms with van der Waals surface area (Å²) in [6.07, 6.45) is 0.0705. The van der Waals surface area contributed by atoms with Crippen LogP contribution < -0.4 is 0 Å². The smallest absolute Gasteiger partial charge is 0.303 e. The Morgan fingerprint density at radius 3 is 2.74 bits per heavy atom. The van der Waals surface area contributed by atoms with Gasteiger partial charge in [0.05, 0.1) is 11.9 Å². The van der Waals surface area contributed by atoms with E-state index >= 15 is 0 Å². The van der Waals surface area contributed by atoms with E-state index in [9.17, 15) is 9.59 Å². The number of carbonyl (C=O) groups is 2. The molecule has 1 aliphatic rings. The predicted molar refractivity (Wildman–Crippen MR) is 121 cm³/mol. The van der Waals surface area contributed by atoms with Crippen LogP contribution in [-0.4, -0.2) is 56.0 Å². The van der Waals surface area contributed by atoms with Gasteiger partial charge in [-0.25, -0.2) is 9.98 Å². The first-order valence-corrected chi connectivity index (χ1v) is 11.4. The fraction of sp³-hybridized carbons (Fsp3) is 0.364. The molecule has 3 atom stereocenters. The van der Waals surface area contributed by atoms with Crippen LogP contribution in [0.3, 0.4) is 0 Å². The Morgan fingerprint density at radius 1 is 1.26 bits per heavy atom. The summed E-state index contributed by atoms with van der Waals surface area (Å²) in [7, 11) is 0. The third-order valence-corrected chi connectivity index (χ3v) is 5.63. The summed E-state index contributed by atoms with van der Waals surface area (Å²) < 4.78 is 23.4. The monoisotopic (exact) mass is 485 g/mol. The van der Waals surface area contributed by atoms with Crippen molar-refractivity contribution in [3.63, 3.8) is 0 Å². The number of thioether (sulfide) groups is 1. The van der Waals surface area contributed by atoms with Gasteiger partial charge in [0.25, 0.3) is 0 Å². The van der Waals surface area contributed by atoms with Crippen molar-refractivity contribution in [2.75, 3.05) is 6.61 Å². The van der Waals surface area contributed by atoms with Crippen LogP contribution in [0.4, 0.5) is 5.82 Å². The minimum Gasteiger partial charge on any atom is -0.463 e. The molecule has 34 heavy (non-hydrogen) atoms. The topological polar surface area (TPSA) is 131 Å². The minimum atomic E-state index is -0.633. The fourth-order valence-corrected chi connectivity index (χ4v) is 4.03. The van der Waals surface area contributed by atoms with E-state index in [1.807, 2.05) is 30.3 Å². The van der Waals surface area contributed by atoms with Gasteiger partial charge in [0.1, 0.15) is 25.0 Å². The van der Waals surface area contributed by atoms with Crippen LogP contribution in [0.5, 0.6) is 0 Å². The zero-order valence-corrected chi connectivity index (χ0v) is 19.6. The van der Waals surface area contributed by atoms with Crippen LogP contribution in [-0.2, 0) is 23.8 Å². The number of aliphatic imine (C=N–C) groups is 1. The van der Waals surface area contributed by atoms with Gasteiger partial charge in [0, 0.05) is 32.1 Å². The van der Waals surface area contributed by atoms with Crippen LogP contribution in [0.2, 0.25) is 0 Å². The lowest BCUT2D eigenvalue weighted by atomic mass is 10.2. The molecule has 0 amide bonds. The summed E-state index contributed by atoms with van der Waals surface area (Å²) in [5, 5.41) is 3.96. The maximum absolute atomic E-state index is 11.6. The molecule has 0 spiro atoms. The van der Waals surface area contributed by atoms with Gasteiger partial charge < -0.3 is 18.7 Å². The molecule has 0 N–H and O–H groups in total. The first kappa shape index (κ1) is 23.6. The zero-order chi connectivity index (χ0) is 24.1. The largest absolute Gasteiger partial charge is 0.463 e. The quantitative estimate of drug-likeness (QED) is 0.202. The molecule has 1 aromatic carbocycles. The Labute approximate surface area is 199 Å². The van der Waals surface area contributed by atoms with Gasteiger partial charge in [0.2, 0.25) is 11.7 Å². The molecule has 0 unspecified atom stereocenters. The van der Waals surface area contributed by atoms with Gasteiger partial charge >= 0.3 is 11.9 Å². The summed E-state index contributed by atoms with van der Waals surface area (Å²) >= 11 is 1.44. The van der Waals surface area contributed by atoms with Crippen molar-refractivity contribution in [1.82, 2.24) is 19.7 Å². The first-order valence-electron chi connectivity index (χ1n) is 10.5. The summed E-state index contributed by atoms with van der Waals surface area (Å²) in [6, 6.07) is 9.77. The fourth-order valence-electron chi connectivity index (χ4n) is 3.44. The highest BCUT2D eigenvalue weighted by Crippen LogP contribution is 2.37. The van der Waals surface area contributed by atoms with E-state index in [-0.39, 0.29) is 6.61 Å². The number of hydrogen-bond acceptors (Lipinski definition) is 11. The van der Waals surface area contributed by atoms with Gasteiger partial charge in [0.15, 0.2) is 11.5 Å². The number of esters is 2. The second kappa shape index (κ2) is 10.6. The van der Waals surface area contributed by atoms with Gasteiger partial charge in [-0.2, -0.15) is 4.98 Å². The summed E-state index contributed by atoms with van der Waals surface area (Å²) in [4.78, 5) is 37.2. The van der Waals surface area contributed by atoms with E-state index in [0.29, 0.717) is 29.6 Å². The number of imidazole rings is 1. The molecule has 3 heterocycles. The number of aromatic nitrogens is 4. The molecule has 1 aliphatic heterocycles. The van der Waals surface area contributed by atoms with Crippen molar-refractivity contribution in [3.05, 3.63) is 42.5 Å². The zero-order valence-electron chi connectivity index (χ0n) is 18.8. The summed E-state index contributed by atoms with van der Waals surface area (Å²) in [5.41, 5.74) is 2.10. The molecule has 2 aromatic heterocycles. The van der Waals surface area contributed by atoms with Gasteiger partial charge in [-0.15, -0.1) is 0 Å². The highest BCUT2D eigenvalue weighted by molar-refractivity contribution is 8.12. The maximum atomic E-state index is 11.6. The summed E-state index contributed by atoms with van der Waals surface area (Å²) in [6.45, 7) is 4.27. The van der Waals surface area contributed by atoms with Crippen LogP contribution in [0.15, 0.2) is 51.1 Å². The molecule has 0 radical (unpaired) electrons. The molecular formula is C22H23N5O6S. The molecule has 12 heteroatoms. The van der Waals surface area contributed by atoms with E-state index in [1.54, 1.807) is 23.4 Å². The highest BCUT2D eigenvalue weighted by atomic mass is 32.2. The molecule has 178 valence electrons. The maximum Gasteiger partial charge on any atom is 0.303 e. The third kappa shape index (κ3) is 5.69. The molecule has 1 saturated heterocycles. The lowest BCUT2D eigenvalue weighted by Crippen LogP contribution is -2.31. The van der Waals surface area contributed by atoms with Gasteiger partial charge in [-0.1, -0.05) is 35.1 Å². The Balaban J connectivity index is 1.63. The van der Waals surface area contributed by atoms with Crippen molar-refractivity contribution in [1.29, 1.82) is 0 Å². The average molecular weight is 486 g/mol. The van der Waals surface area contributed by atoms with Crippen molar-refractivity contribution in [2.24, 2.45) is 4.99 Å². The normalized spacial score (nSPS) is 20.0. The van der Waals surface area contributed by atoms with E-state index < -0.39 is 30.4 Å². The van der Waals surface area contributed by atoms with Gasteiger partial charge in [-0.05, 0) is 12.1 Å². The Morgan fingerprint density at radius 2 is 2.06 bits per heavy atom. The first-order chi connectivity index (χ1) is 16.4. The second-order valence-corrected chi connectivity index (χ2v) is 8.36. The van der Waals surface area contributed by atoms with Gasteiger partial charge in [-0.3, -0.25) is 14.2 Å². The Hall–Kier alpha value is -3.51. The number of benzene rings is 1. The molecule has 0 bridgehead atoms. The van der Waals surface area contributed by atoms with Crippen LogP contribution in [0, 0.1) is 6.92 Å². The Kier molecular flexibility index (Phi) is 7.38. The molecule has 0 saturated carbocycles. The van der Waals surface area contributed by atoms with Crippen molar-refractivity contribution in [2.45, 2.75) is 50.5 Å². The lowest BCUT2D eigenvalue weighted by molar-refractivity contribution is -0.155. The number of rotatable bonds is 8. The average Bonchev–Trinajstić information content (AvgIpc) is 3.51. The van der Waals surface area contributed by atoms with E-state index in [1.165, 1.54) is 25.6 Å². The van der Waals surface area contributed by atoms with E-state index in [2.05, 4.69) is 20.1 Å². The molecule has 4 rings (SSSR count). The number of nitrogens with zero attached hydrogens (tertiary/aromatic N) is 5. The predicted octanol–water partition coefficient (Wildman–Crippen LogP) is 3.48. The highest BCUT2D eigenvalue weighted by Gasteiger charge is 2.40. The lowest BCUT2D eigenvalue weighted by Gasteiger charge is -2.17. The standard InChI is InChI=1S/C22H23N5O6S/c1-13-25-21(26-33-13)20-22(24-12-34-16-7-5-4-6-8-16)27(11-23-20)19-9-17(31-15(3)29)18(32-19)10-30-14(2)28/h4-8,11-12,17-19H,9-10H2,1-3H3/b24-12+/t17-,18+,19+/m0/s1. The minimum absolute atomic E-state index is 0.0438. The second-order valence-electron chi connectivity index (χ2n) is 7.44. The number of hydrogen-bond donors (Lipinski definition) is 0. The van der Waals surface area contributed by atoms with Crippen LogP contribution in [0.25, 0.3) is 11.5 Å². The SMILES string of the molecule is CC(=O)OC[C@H]1O[C@@H](n2cnc(-c3noc(C)n3)c2/N=C/Sc2ccccc2)C[C@@H]1OC(C)=O. The Bertz CT molecular complexity index is 1180. The van der Waals surface area contributed by atoms with Crippen molar-refractivity contribution in [3.8, 4) is 11.5 Å².